The quantitative estimate of drug-likeness (QED) is 0.875. The molecule has 0 heterocycles. The molecular weight excluding hydrogens is 294 g/mol. The number of alkyl carbamates (subject to hydrolysis) is 1. The van der Waals surface area contributed by atoms with E-state index in [0.29, 0.717) is 17.6 Å². The molecule has 1 amide bonds. The second-order valence-corrected chi connectivity index (χ2v) is 6.16. The molecule has 1 atom stereocenters. The lowest BCUT2D eigenvalue weighted by molar-refractivity contribution is -0.109. The molecule has 23 heavy (non-hydrogen) atoms. The Bertz CT molecular complexity index is 719. The van der Waals surface area contributed by atoms with Gasteiger partial charge in [0.15, 0.2) is 0 Å². The van der Waals surface area contributed by atoms with Gasteiger partial charge >= 0.3 is 6.09 Å². The van der Waals surface area contributed by atoms with Crippen LogP contribution in [0.4, 0.5) is 4.79 Å². The lowest BCUT2D eigenvalue weighted by atomic mass is 9.99. The number of nitrogens with one attached hydrogen (secondary N) is 1. The average Bonchev–Trinajstić information content (AvgIpc) is 2.50. The van der Waals surface area contributed by atoms with Gasteiger partial charge in [-0.1, -0.05) is 30.3 Å². The third kappa shape index (κ3) is 4.00. The molecule has 0 radical (unpaired) electrons. The second kappa shape index (κ2) is 6.69. The molecule has 0 saturated heterocycles. The summed E-state index contributed by atoms with van der Waals surface area (Å²) in [6, 6.07) is 10.3. The van der Waals surface area contributed by atoms with Crippen molar-refractivity contribution < 1.29 is 19.1 Å². The van der Waals surface area contributed by atoms with E-state index in [2.05, 4.69) is 5.32 Å². The Labute approximate surface area is 135 Å². The molecule has 0 saturated carbocycles. The molecular formula is C18H21NO4. The lowest BCUT2D eigenvalue weighted by Gasteiger charge is -2.22. The maximum atomic E-state index is 11.9. The van der Waals surface area contributed by atoms with Crippen LogP contribution in [0.25, 0.3) is 10.8 Å². The highest BCUT2D eigenvalue weighted by Gasteiger charge is 2.21. The van der Waals surface area contributed by atoms with Crippen molar-refractivity contribution in [1.82, 2.24) is 5.32 Å². The van der Waals surface area contributed by atoms with E-state index in [1.807, 2.05) is 24.3 Å². The van der Waals surface area contributed by atoms with Crippen molar-refractivity contribution in [2.75, 3.05) is 7.11 Å². The third-order valence-corrected chi connectivity index (χ3v) is 3.28. The Morgan fingerprint density at radius 2 is 1.78 bits per heavy atom. The van der Waals surface area contributed by atoms with Gasteiger partial charge in [0, 0.05) is 5.39 Å². The lowest BCUT2D eigenvalue weighted by Crippen LogP contribution is -2.35. The molecule has 0 aliphatic rings. The summed E-state index contributed by atoms with van der Waals surface area (Å²) in [6.07, 6.45) is 0.0625. The van der Waals surface area contributed by atoms with Crippen molar-refractivity contribution in [1.29, 1.82) is 0 Å². The van der Waals surface area contributed by atoms with Gasteiger partial charge in [0.2, 0.25) is 0 Å². The van der Waals surface area contributed by atoms with Crippen LogP contribution in [0.1, 0.15) is 32.4 Å². The number of hydrogen-bond acceptors (Lipinski definition) is 4. The molecule has 0 aliphatic carbocycles. The summed E-state index contributed by atoms with van der Waals surface area (Å²) >= 11 is 0. The highest BCUT2D eigenvalue weighted by atomic mass is 16.6. The molecule has 2 aromatic carbocycles. The van der Waals surface area contributed by atoms with Gasteiger partial charge in [-0.25, -0.2) is 4.79 Å². The van der Waals surface area contributed by atoms with E-state index in [-0.39, 0.29) is 0 Å². The normalized spacial score (nSPS) is 12.5. The molecule has 2 rings (SSSR count). The van der Waals surface area contributed by atoms with E-state index in [1.54, 1.807) is 40.0 Å². The van der Waals surface area contributed by atoms with Gasteiger partial charge < -0.3 is 19.6 Å². The largest absolute Gasteiger partial charge is 0.496 e. The summed E-state index contributed by atoms with van der Waals surface area (Å²) in [5, 5.41) is 4.33. The number of amides is 1. The zero-order valence-corrected chi connectivity index (χ0v) is 13.8. The first kappa shape index (κ1) is 16.8. The Morgan fingerprint density at radius 1 is 1.13 bits per heavy atom. The van der Waals surface area contributed by atoms with E-state index < -0.39 is 17.7 Å². The third-order valence-electron chi connectivity index (χ3n) is 3.28. The van der Waals surface area contributed by atoms with Crippen molar-refractivity contribution in [2.45, 2.75) is 32.4 Å². The molecule has 122 valence electrons. The van der Waals surface area contributed by atoms with Gasteiger partial charge in [0.05, 0.1) is 7.11 Å². The summed E-state index contributed by atoms with van der Waals surface area (Å²) in [4.78, 5) is 23.4. The number of fused-ring (bicyclic) bond motifs is 1. The molecule has 5 heteroatoms. The van der Waals surface area contributed by atoms with E-state index >= 15 is 0 Å². The van der Waals surface area contributed by atoms with Crippen LogP contribution < -0.4 is 10.1 Å². The van der Waals surface area contributed by atoms with Gasteiger partial charge in [-0.2, -0.15) is 0 Å². The number of carbonyl (C=O) groups excluding carboxylic acids is 2. The minimum atomic E-state index is -0.791. The van der Waals surface area contributed by atoms with E-state index in [4.69, 9.17) is 9.47 Å². The van der Waals surface area contributed by atoms with Crippen LogP contribution >= 0.6 is 0 Å². The SMILES string of the molecule is COc1ccc(C(C=O)NC(=O)OC(C)(C)C)c2ccccc12. The summed E-state index contributed by atoms with van der Waals surface area (Å²) in [5.74, 6) is 0.714. The Kier molecular flexibility index (Phi) is 4.89. The van der Waals surface area contributed by atoms with Crippen LogP contribution in [0, 0.1) is 0 Å². The standard InChI is InChI=1S/C18H21NO4/c1-18(2,3)23-17(21)19-15(11-20)13-9-10-16(22-4)14-8-6-5-7-12(13)14/h5-11,15H,1-4H3,(H,19,21). The maximum absolute atomic E-state index is 11.9. The smallest absolute Gasteiger partial charge is 0.408 e. The van der Waals surface area contributed by atoms with Crippen LogP contribution in [-0.4, -0.2) is 25.1 Å². The van der Waals surface area contributed by atoms with Crippen molar-refractivity contribution in [3.63, 3.8) is 0 Å². The zero-order chi connectivity index (χ0) is 17.0. The van der Waals surface area contributed by atoms with Gasteiger partial charge in [0.1, 0.15) is 23.7 Å². The second-order valence-electron chi connectivity index (χ2n) is 6.16. The number of methoxy groups -OCH3 is 1. The van der Waals surface area contributed by atoms with Crippen LogP contribution in [-0.2, 0) is 9.53 Å². The fraction of sp³-hybridized carbons (Fsp3) is 0.333. The first-order valence-electron chi connectivity index (χ1n) is 7.36. The van der Waals surface area contributed by atoms with E-state index in [9.17, 15) is 9.59 Å². The van der Waals surface area contributed by atoms with Crippen molar-refractivity contribution in [2.24, 2.45) is 0 Å². The molecule has 0 aliphatic heterocycles. The number of rotatable bonds is 4. The van der Waals surface area contributed by atoms with E-state index in [0.717, 1.165) is 10.8 Å². The molecule has 2 aromatic rings. The van der Waals surface area contributed by atoms with E-state index in [1.165, 1.54) is 0 Å². The van der Waals surface area contributed by atoms with Crippen molar-refractivity contribution >= 4 is 23.2 Å². The Morgan fingerprint density at radius 3 is 2.35 bits per heavy atom. The Hall–Kier alpha value is -2.56. The molecule has 0 bridgehead atoms. The molecule has 0 fully saturated rings. The maximum Gasteiger partial charge on any atom is 0.408 e. The highest BCUT2D eigenvalue weighted by Crippen LogP contribution is 2.31. The Balaban J connectivity index is 2.37. The minimum Gasteiger partial charge on any atom is -0.496 e. The average molecular weight is 315 g/mol. The fourth-order valence-corrected chi connectivity index (χ4v) is 2.36. The predicted octanol–water partition coefficient (Wildman–Crippen LogP) is 3.61. The number of ether oxygens (including phenoxy) is 2. The van der Waals surface area contributed by atoms with Crippen LogP contribution in [0.2, 0.25) is 0 Å². The van der Waals surface area contributed by atoms with Gasteiger partial charge in [-0.05, 0) is 37.8 Å². The topological polar surface area (TPSA) is 64.6 Å². The molecule has 0 aromatic heterocycles. The summed E-state index contributed by atoms with van der Waals surface area (Å²) < 4.78 is 10.6. The van der Waals surface area contributed by atoms with Gasteiger partial charge in [0.25, 0.3) is 0 Å². The van der Waals surface area contributed by atoms with Gasteiger partial charge in [-0.3, -0.25) is 0 Å². The number of aldehydes is 1. The fourth-order valence-electron chi connectivity index (χ4n) is 2.36. The zero-order valence-electron chi connectivity index (χ0n) is 13.8. The molecule has 0 spiro atoms. The minimum absolute atomic E-state index is 0.626. The number of benzene rings is 2. The van der Waals surface area contributed by atoms with Crippen LogP contribution in [0.3, 0.4) is 0 Å². The van der Waals surface area contributed by atoms with Crippen molar-refractivity contribution in [3.8, 4) is 5.75 Å². The van der Waals surface area contributed by atoms with Gasteiger partial charge in [-0.15, -0.1) is 0 Å². The molecule has 1 N–H and O–H groups in total. The molecule has 1 unspecified atom stereocenters. The summed E-state index contributed by atoms with van der Waals surface area (Å²) in [6.45, 7) is 5.31. The summed E-state index contributed by atoms with van der Waals surface area (Å²) in [5.41, 5.74) is 0.0710. The monoisotopic (exact) mass is 315 g/mol. The first-order valence-corrected chi connectivity index (χ1v) is 7.36. The van der Waals surface area contributed by atoms with Crippen LogP contribution in [0.15, 0.2) is 36.4 Å². The molecule has 5 nitrogen and oxygen atoms in total. The number of carbonyl (C=O) groups is 2. The first-order chi connectivity index (χ1) is 10.9. The summed E-state index contributed by atoms with van der Waals surface area (Å²) in [7, 11) is 1.59. The number of hydrogen-bond donors (Lipinski definition) is 1. The van der Waals surface area contributed by atoms with Crippen LogP contribution in [0.5, 0.6) is 5.75 Å². The predicted molar refractivity (Wildman–Crippen MR) is 88.7 cm³/mol. The highest BCUT2D eigenvalue weighted by molar-refractivity contribution is 5.93. The van der Waals surface area contributed by atoms with Crippen molar-refractivity contribution in [3.05, 3.63) is 42.0 Å².